The van der Waals surface area contributed by atoms with Crippen LogP contribution in [-0.2, 0) is 4.79 Å². The van der Waals surface area contributed by atoms with Crippen LogP contribution in [0.1, 0.15) is 26.2 Å². The fourth-order valence-electron chi connectivity index (χ4n) is 1.58. The summed E-state index contributed by atoms with van der Waals surface area (Å²) in [5.41, 5.74) is 5.59. The van der Waals surface area contributed by atoms with Gasteiger partial charge in [-0.1, -0.05) is 12.2 Å². The van der Waals surface area contributed by atoms with E-state index >= 15 is 0 Å². The van der Waals surface area contributed by atoms with Gasteiger partial charge in [-0.25, -0.2) is 0 Å². The summed E-state index contributed by atoms with van der Waals surface area (Å²) >= 11 is 0. The third-order valence-electron chi connectivity index (χ3n) is 2.71. The molecule has 86 valence electrons. The quantitative estimate of drug-likeness (QED) is 0.568. The zero-order valence-corrected chi connectivity index (χ0v) is 9.15. The molecule has 0 aromatic carbocycles. The molecule has 15 heavy (non-hydrogen) atoms. The Labute approximate surface area is 90.5 Å². The first kappa shape index (κ1) is 12.2. The Morgan fingerprint density at radius 1 is 1.73 bits per heavy atom. The predicted molar refractivity (Wildman–Crippen MR) is 59.1 cm³/mol. The van der Waals surface area contributed by atoms with Gasteiger partial charge in [-0.05, 0) is 25.7 Å². The summed E-state index contributed by atoms with van der Waals surface area (Å²) in [6, 6.07) is -0.381. The molecule has 1 rings (SSSR count). The third-order valence-corrected chi connectivity index (χ3v) is 2.71. The molecule has 1 aliphatic rings. The molecular formula is C11H20N2O2. The number of amides is 1. The Bertz CT molecular complexity index is 239. The van der Waals surface area contributed by atoms with Gasteiger partial charge in [-0.3, -0.25) is 4.79 Å². The lowest BCUT2D eigenvalue weighted by molar-refractivity contribution is -0.121. The van der Waals surface area contributed by atoms with Crippen LogP contribution in [0.5, 0.6) is 0 Å². The molecule has 3 unspecified atom stereocenters. The summed E-state index contributed by atoms with van der Waals surface area (Å²) in [6.07, 6.45) is 6.29. The molecule has 4 nitrogen and oxygen atoms in total. The minimum absolute atomic E-state index is 0.0163. The second-order valence-electron chi connectivity index (χ2n) is 4.18. The number of aliphatic hydroxyl groups excluding tert-OH is 1. The molecule has 4 heteroatoms. The summed E-state index contributed by atoms with van der Waals surface area (Å²) < 4.78 is 0. The largest absolute Gasteiger partial charge is 0.392 e. The molecule has 4 N–H and O–H groups in total. The van der Waals surface area contributed by atoms with Crippen molar-refractivity contribution in [3.63, 3.8) is 0 Å². The van der Waals surface area contributed by atoms with Crippen LogP contribution in [-0.4, -0.2) is 29.7 Å². The zero-order chi connectivity index (χ0) is 11.3. The van der Waals surface area contributed by atoms with Crippen molar-refractivity contribution >= 4 is 5.91 Å². The lowest BCUT2D eigenvalue weighted by Crippen LogP contribution is -2.43. The molecule has 0 aromatic rings. The van der Waals surface area contributed by atoms with Crippen molar-refractivity contribution in [1.29, 1.82) is 0 Å². The van der Waals surface area contributed by atoms with E-state index in [1.807, 2.05) is 0 Å². The lowest BCUT2D eigenvalue weighted by atomic mass is 10.0. The predicted octanol–water partition coefficient (Wildman–Crippen LogP) is 0.167. The monoisotopic (exact) mass is 212 g/mol. The summed E-state index contributed by atoms with van der Waals surface area (Å²) in [4.78, 5) is 11.4. The van der Waals surface area contributed by atoms with Crippen LogP contribution in [0, 0.1) is 5.92 Å². The second kappa shape index (κ2) is 5.88. The molecular weight excluding hydrogens is 192 g/mol. The Morgan fingerprint density at radius 3 is 3.00 bits per heavy atom. The van der Waals surface area contributed by atoms with E-state index in [2.05, 4.69) is 17.5 Å². The van der Waals surface area contributed by atoms with Crippen LogP contribution in [0.4, 0.5) is 0 Å². The van der Waals surface area contributed by atoms with E-state index in [-0.39, 0.29) is 11.9 Å². The molecule has 0 heterocycles. The Kier molecular flexibility index (Phi) is 4.78. The maximum Gasteiger partial charge on any atom is 0.220 e. The van der Waals surface area contributed by atoms with Crippen molar-refractivity contribution in [3.05, 3.63) is 12.2 Å². The van der Waals surface area contributed by atoms with Gasteiger partial charge in [0.1, 0.15) is 0 Å². The highest BCUT2D eigenvalue weighted by molar-refractivity contribution is 5.76. The second-order valence-corrected chi connectivity index (χ2v) is 4.18. The van der Waals surface area contributed by atoms with Crippen molar-refractivity contribution in [2.75, 3.05) is 6.54 Å². The Morgan fingerprint density at radius 2 is 2.47 bits per heavy atom. The van der Waals surface area contributed by atoms with Crippen LogP contribution in [0.3, 0.4) is 0 Å². The van der Waals surface area contributed by atoms with Crippen LogP contribution in [0.25, 0.3) is 0 Å². The molecule has 0 bridgehead atoms. The molecule has 0 saturated heterocycles. The molecule has 0 aliphatic heterocycles. The fourth-order valence-corrected chi connectivity index (χ4v) is 1.58. The van der Waals surface area contributed by atoms with Gasteiger partial charge in [-0.2, -0.15) is 0 Å². The van der Waals surface area contributed by atoms with Crippen LogP contribution < -0.4 is 11.1 Å². The third kappa shape index (κ3) is 4.44. The van der Waals surface area contributed by atoms with Crippen LogP contribution >= 0.6 is 0 Å². The molecule has 0 aromatic heterocycles. The lowest BCUT2D eigenvalue weighted by Gasteiger charge is -2.16. The SMILES string of the molecule is CC(O)C(N)CNC(=O)CC1C=CCC1. The first-order chi connectivity index (χ1) is 7.09. The molecule has 1 aliphatic carbocycles. The van der Waals surface area contributed by atoms with Gasteiger partial charge in [0, 0.05) is 19.0 Å². The van der Waals surface area contributed by atoms with Crippen molar-refractivity contribution in [2.24, 2.45) is 11.7 Å². The molecule has 0 radical (unpaired) electrons. The first-order valence-corrected chi connectivity index (χ1v) is 5.46. The number of nitrogens with one attached hydrogen (secondary N) is 1. The minimum Gasteiger partial charge on any atom is -0.392 e. The highest BCUT2D eigenvalue weighted by atomic mass is 16.3. The average molecular weight is 212 g/mol. The van der Waals surface area contributed by atoms with E-state index in [1.54, 1.807) is 6.92 Å². The number of carbonyl (C=O) groups is 1. The summed E-state index contributed by atoms with van der Waals surface area (Å²) in [7, 11) is 0. The maximum atomic E-state index is 11.4. The standard InChI is InChI=1S/C11H20N2O2/c1-8(14)10(12)7-13-11(15)6-9-4-2-3-5-9/h2,4,8-10,14H,3,5-7,12H2,1H3,(H,13,15). The zero-order valence-electron chi connectivity index (χ0n) is 9.15. The number of allylic oxidation sites excluding steroid dienone is 2. The normalized spacial score (nSPS) is 23.8. The Balaban J connectivity index is 2.15. The molecule has 0 spiro atoms. The number of rotatable bonds is 5. The number of nitrogens with two attached hydrogens (primary N) is 1. The maximum absolute atomic E-state index is 11.4. The summed E-state index contributed by atoms with van der Waals surface area (Å²) in [6.45, 7) is 1.96. The number of hydrogen-bond acceptors (Lipinski definition) is 3. The van der Waals surface area contributed by atoms with Gasteiger partial charge in [-0.15, -0.1) is 0 Å². The number of hydrogen-bond donors (Lipinski definition) is 3. The van der Waals surface area contributed by atoms with Crippen molar-refractivity contribution in [1.82, 2.24) is 5.32 Å². The summed E-state index contributed by atoms with van der Waals surface area (Å²) in [5.74, 6) is 0.399. The van der Waals surface area contributed by atoms with Gasteiger partial charge in [0.2, 0.25) is 5.91 Å². The van der Waals surface area contributed by atoms with E-state index in [0.717, 1.165) is 12.8 Å². The van der Waals surface area contributed by atoms with Gasteiger partial charge >= 0.3 is 0 Å². The molecule has 0 fully saturated rings. The van der Waals surface area contributed by atoms with E-state index < -0.39 is 6.10 Å². The first-order valence-electron chi connectivity index (χ1n) is 5.46. The van der Waals surface area contributed by atoms with Gasteiger partial charge in [0.05, 0.1) is 6.10 Å². The van der Waals surface area contributed by atoms with Crippen molar-refractivity contribution in [2.45, 2.75) is 38.3 Å². The number of carbonyl (C=O) groups excluding carboxylic acids is 1. The fraction of sp³-hybridized carbons (Fsp3) is 0.727. The van der Waals surface area contributed by atoms with E-state index in [1.165, 1.54) is 0 Å². The van der Waals surface area contributed by atoms with Gasteiger partial charge < -0.3 is 16.2 Å². The van der Waals surface area contributed by atoms with E-state index in [0.29, 0.717) is 18.9 Å². The van der Waals surface area contributed by atoms with Crippen LogP contribution in [0.15, 0.2) is 12.2 Å². The van der Waals surface area contributed by atoms with Gasteiger partial charge in [0.15, 0.2) is 0 Å². The average Bonchev–Trinajstić information content (AvgIpc) is 2.66. The van der Waals surface area contributed by atoms with Crippen LogP contribution in [0.2, 0.25) is 0 Å². The van der Waals surface area contributed by atoms with Crippen molar-refractivity contribution in [3.8, 4) is 0 Å². The smallest absolute Gasteiger partial charge is 0.220 e. The Hall–Kier alpha value is -0.870. The van der Waals surface area contributed by atoms with E-state index in [9.17, 15) is 4.79 Å². The van der Waals surface area contributed by atoms with E-state index in [4.69, 9.17) is 10.8 Å². The molecule has 3 atom stereocenters. The molecule has 1 amide bonds. The number of aliphatic hydroxyl groups is 1. The topological polar surface area (TPSA) is 75.3 Å². The molecule has 0 saturated carbocycles. The summed E-state index contributed by atoms with van der Waals surface area (Å²) in [5, 5.41) is 11.9. The minimum atomic E-state index is -0.586. The van der Waals surface area contributed by atoms with Gasteiger partial charge in [0.25, 0.3) is 0 Å². The highest BCUT2D eigenvalue weighted by Crippen LogP contribution is 2.19. The van der Waals surface area contributed by atoms with Crippen molar-refractivity contribution < 1.29 is 9.90 Å². The highest BCUT2D eigenvalue weighted by Gasteiger charge is 2.15.